The predicted molar refractivity (Wildman–Crippen MR) is 80.6 cm³/mol. The van der Waals surface area contributed by atoms with E-state index in [0.717, 1.165) is 16.1 Å². The molecule has 0 saturated heterocycles. The van der Waals surface area contributed by atoms with Crippen molar-refractivity contribution < 1.29 is 9.53 Å². The van der Waals surface area contributed by atoms with Crippen molar-refractivity contribution >= 4 is 17.4 Å². The minimum Gasteiger partial charge on any atom is -0.444 e. The highest BCUT2D eigenvalue weighted by Crippen LogP contribution is 2.22. The second-order valence-corrected chi connectivity index (χ2v) is 6.33. The zero-order valence-electron chi connectivity index (χ0n) is 11.8. The highest BCUT2D eigenvalue weighted by atomic mass is 32.1. The van der Waals surface area contributed by atoms with E-state index in [1.807, 2.05) is 50.4 Å². The van der Waals surface area contributed by atoms with Gasteiger partial charge in [-0.2, -0.15) is 0 Å². The van der Waals surface area contributed by atoms with E-state index in [1.54, 1.807) is 17.5 Å². The highest BCUT2D eigenvalue weighted by Gasteiger charge is 2.15. The van der Waals surface area contributed by atoms with E-state index in [4.69, 9.17) is 4.74 Å². The van der Waals surface area contributed by atoms with E-state index in [2.05, 4.69) is 10.3 Å². The fourth-order valence-electron chi connectivity index (χ4n) is 1.63. The summed E-state index contributed by atoms with van der Waals surface area (Å²) in [5, 5.41) is 4.76. The summed E-state index contributed by atoms with van der Waals surface area (Å²) in [5.74, 6) is 0. The van der Waals surface area contributed by atoms with Crippen molar-refractivity contribution in [2.24, 2.45) is 0 Å². The normalized spacial score (nSPS) is 11.2. The van der Waals surface area contributed by atoms with Crippen LogP contribution in [0.1, 0.15) is 26.3 Å². The lowest BCUT2D eigenvalue weighted by Crippen LogP contribution is -2.32. The van der Waals surface area contributed by atoms with Crippen LogP contribution in [0.5, 0.6) is 0 Å². The smallest absolute Gasteiger partial charge is 0.407 e. The fourth-order valence-corrected chi connectivity index (χ4v) is 2.32. The number of nitrogens with zero attached hydrogens (tertiary/aromatic N) is 1. The fraction of sp³-hybridized carbons (Fsp3) is 0.333. The van der Waals surface area contributed by atoms with Crippen LogP contribution in [-0.2, 0) is 11.3 Å². The van der Waals surface area contributed by atoms with Crippen LogP contribution in [0.4, 0.5) is 4.79 Å². The van der Waals surface area contributed by atoms with Crippen molar-refractivity contribution in [1.82, 2.24) is 10.3 Å². The lowest BCUT2D eigenvalue weighted by molar-refractivity contribution is 0.0523. The van der Waals surface area contributed by atoms with Crippen molar-refractivity contribution in [2.45, 2.75) is 32.9 Å². The largest absolute Gasteiger partial charge is 0.444 e. The summed E-state index contributed by atoms with van der Waals surface area (Å²) in [6, 6.07) is 7.88. The molecule has 0 saturated carbocycles. The quantitative estimate of drug-likeness (QED) is 0.934. The Morgan fingerprint density at radius 3 is 2.85 bits per heavy atom. The van der Waals surface area contributed by atoms with Crippen molar-refractivity contribution in [3.05, 3.63) is 41.4 Å². The first-order chi connectivity index (χ1) is 9.44. The minimum atomic E-state index is -0.482. The van der Waals surface area contributed by atoms with Gasteiger partial charge in [0.25, 0.3) is 0 Å². The van der Waals surface area contributed by atoms with E-state index >= 15 is 0 Å². The van der Waals surface area contributed by atoms with Crippen LogP contribution in [-0.4, -0.2) is 16.7 Å². The summed E-state index contributed by atoms with van der Waals surface area (Å²) < 4.78 is 5.20. The second kappa shape index (κ2) is 6.05. The molecule has 0 unspecified atom stereocenters. The number of ether oxygens (including phenoxy) is 1. The van der Waals surface area contributed by atoms with Gasteiger partial charge in [-0.05, 0) is 49.9 Å². The first-order valence-electron chi connectivity index (χ1n) is 6.40. The van der Waals surface area contributed by atoms with Crippen LogP contribution in [0.15, 0.2) is 35.8 Å². The van der Waals surface area contributed by atoms with Gasteiger partial charge in [0.05, 0.1) is 10.6 Å². The van der Waals surface area contributed by atoms with E-state index in [1.165, 1.54) is 0 Å². The molecular formula is C15H18N2O2S. The molecule has 2 aromatic heterocycles. The van der Waals surface area contributed by atoms with Crippen LogP contribution in [0.3, 0.4) is 0 Å². The van der Waals surface area contributed by atoms with Crippen LogP contribution >= 0.6 is 11.3 Å². The maximum Gasteiger partial charge on any atom is 0.407 e. The SMILES string of the molecule is CC(C)(C)OC(=O)NCc1ccnc(-c2cccs2)c1. The van der Waals surface area contributed by atoms with Crippen molar-refractivity contribution in [1.29, 1.82) is 0 Å². The average molecular weight is 290 g/mol. The summed E-state index contributed by atoms with van der Waals surface area (Å²) >= 11 is 1.64. The van der Waals surface area contributed by atoms with E-state index in [9.17, 15) is 4.79 Å². The lowest BCUT2D eigenvalue weighted by Gasteiger charge is -2.19. The number of carbonyl (C=O) groups is 1. The number of thiophene rings is 1. The zero-order chi connectivity index (χ0) is 14.6. The molecule has 1 amide bonds. The number of carbonyl (C=O) groups excluding carboxylic acids is 1. The predicted octanol–water partition coefficient (Wildman–Crippen LogP) is 3.83. The summed E-state index contributed by atoms with van der Waals surface area (Å²) in [7, 11) is 0. The number of hydrogen-bond donors (Lipinski definition) is 1. The number of rotatable bonds is 3. The molecule has 4 nitrogen and oxygen atoms in total. The third-order valence-electron chi connectivity index (χ3n) is 2.43. The van der Waals surface area contributed by atoms with Gasteiger partial charge in [-0.3, -0.25) is 4.98 Å². The Morgan fingerprint density at radius 1 is 1.40 bits per heavy atom. The van der Waals surface area contributed by atoms with Crippen molar-refractivity contribution in [2.75, 3.05) is 0 Å². The zero-order valence-corrected chi connectivity index (χ0v) is 12.7. The molecule has 106 valence electrons. The van der Waals surface area contributed by atoms with Gasteiger partial charge in [0, 0.05) is 12.7 Å². The Morgan fingerprint density at radius 2 is 2.20 bits per heavy atom. The molecule has 1 N–H and O–H groups in total. The van der Waals surface area contributed by atoms with E-state index in [0.29, 0.717) is 6.54 Å². The molecule has 0 aromatic carbocycles. The van der Waals surface area contributed by atoms with Crippen LogP contribution < -0.4 is 5.32 Å². The van der Waals surface area contributed by atoms with Crippen LogP contribution in [0.2, 0.25) is 0 Å². The Bertz CT molecular complexity index is 574. The molecule has 0 fully saturated rings. The molecule has 0 radical (unpaired) electrons. The summed E-state index contributed by atoms with van der Waals surface area (Å²) in [6.07, 6.45) is 1.34. The number of amides is 1. The Balaban J connectivity index is 1.97. The van der Waals surface area contributed by atoms with Crippen molar-refractivity contribution in [3.63, 3.8) is 0 Å². The molecule has 0 aliphatic heterocycles. The molecule has 0 aliphatic carbocycles. The molecule has 20 heavy (non-hydrogen) atoms. The van der Waals surface area contributed by atoms with Gasteiger partial charge in [-0.15, -0.1) is 11.3 Å². The monoisotopic (exact) mass is 290 g/mol. The summed E-state index contributed by atoms with van der Waals surface area (Å²) in [5.41, 5.74) is 1.43. The number of alkyl carbamates (subject to hydrolysis) is 1. The molecule has 2 rings (SSSR count). The standard InChI is InChI=1S/C15H18N2O2S/c1-15(2,3)19-14(18)17-10-11-6-7-16-12(9-11)13-5-4-8-20-13/h4-9H,10H2,1-3H3,(H,17,18). The van der Waals surface area contributed by atoms with Gasteiger partial charge >= 0.3 is 6.09 Å². The first-order valence-corrected chi connectivity index (χ1v) is 7.28. The Labute approximate surface area is 122 Å². The highest BCUT2D eigenvalue weighted by molar-refractivity contribution is 7.13. The number of nitrogens with one attached hydrogen (secondary N) is 1. The number of pyridine rings is 1. The first kappa shape index (κ1) is 14.5. The van der Waals surface area contributed by atoms with Crippen LogP contribution in [0, 0.1) is 0 Å². The number of hydrogen-bond acceptors (Lipinski definition) is 4. The molecule has 2 aromatic rings. The Hall–Kier alpha value is -1.88. The molecule has 0 atom stereocenters. The minimum absolute atomic E-state index is 0.410. The molecular weight excluding hydrogens is 272 g/mol. The maximum atomic E-state index is 11.6. The van der Waals surface area contributed by atoms with Gasteiger partial charge in [0.2, 0.25) is 0 Å². The van der Waals surface area contributed by atoms with Gasteiger partial charge in [-0.1, -0.05) is 6.07 Å². The van der Waals surface area contributed by atoms with Crippen LogP contribution in [0.25, 0.3) is 10.6 Å². The lowest BCUT2D eigenvalue weighted by atomic mass is 10.2. The van der Waals surface area contributed by atoms with Gasteiger partial charge in [-0.25, -0.2) is 4.79 Å². The molecule has 0 bridgehead atoms. The second-order valence-electron chi connectivity index (χ2n) is 5.38. The topological polar surface area (TPSA) is 51.2 Å². The van der Waals surface area contributed by atoms with E-state index in [-0.39, 0.29) is 0 Å². The maximum absolute atomic E-state index is 11.6. The summed E-state index contributed by atoms with van der Waals surface area (Å²) in [6.45, 7) is 5.95. The average Bonchev–Trinajstić information content (AvgIpc) is 2.88. The van der Waals surface area contributed by atoms with Gasteiger partial charge in [0.1, 0.15) is 5.60 Å². The molecule has 2 heterocycles. The van der Waals surface area contributed by atoms with Crippen molar-refractivity contribution in [3.8, 4) is 10.6 Å². The van der Waals surface area contributed by atoms with Gasteiger partial charge < -0.3 is 10.1 Å². The molecule has 0 spiro atoms. The third kappa shape index (κ3) is 4.35. The Kier molecular flexibility index (Phi) is 4.39. The summed E-state index contributed by atoms with van der Waals surface area (Å²) in [4.78, 5) is 17.0. The molecule has 0 aliphatic rings. The third-order valence-corrected chi connectivity index (χ3v) is 3.33. The molecule has 5 heteroatoms. The number of aromatic nitrogens is 1. The van der Waals surface area contributed by atoms with Gasteiger partial charge in [0.15, 0.2) is 0 Å². The van der Waals surface area contributed by atoms with E-state index < -0.39 is 11.7 Å².